The summed E-state index contributed by atoms with van der Waals surface area (Å²) >= 11 is 0. The van der Waals surface area contributed by atoms with Crippen molar-refractivity contribution in [1.82, 2.24) is 4.98 Å². The molecule has 0 aromatic carbocycles. The molecule has 1 aromatic rings. The van der Waals surface area contributed by atoms with Crippen molar-refractivity contribution < 1.29 is 24.9 Å². The lowest BCUT2D eigenvalue weighted by atomic mass is 10.0. The number of ether oxygens (including phenoxy) is 1. The molecule has 1 fully saturated rings. The van der Waals surface area contributed by atoms with E-state index in [0.717, 1.165) is 0 Å². The van der Waals surface area contributed by atoms with Crippen LogP contribution in [-0.2, 0) is 4.74 Å². The van der Waals surface area contributed by atoms with Gasteiger partial charge in [-0.05, 0) is 6.07 Å². The highest BCUT2D eigenvalue weighted by atomic mass is 16.6. The second kappa shape index (κ2) is 4.99. The maximum atomic E-state index is 10.9. The van der Waals surface area contributed by atoms with Crippen molar-refractivity contribution >= 4 is 5.91 Å². The lowest BCUT2D eigenvalue weighted by molar-refractivity contribution is -0.0228. The molecule has 2 heterocycles. The largest absolute Gasteiger partial charge is 0.394 e. The van der Waals surface area contributed by atoms with Gasteiger partial charge in [-0.25, -0.2) is 0 Å². The molecule has 0 radical (unpaired) electrons. The lowest BCUT2D eigenvalue weighted by Gasteiger charge is -2.14. The fraction of sp³-hybridized carbons (Fsp3) is 0.455. The van der Waals surface area contributed by atoms with E-state index < -0.39 is 30.3 Å². The van der Waals surface area contributed by atoms with Crippen LogP contribution in [0.4, 0.5) is 0 Å². The molecule has 18 heavy (non-hydrogen) atoms. The second-order valence-electron chi connectivity index (χ2n) is 4.10. The van der Waals surface area contributed by atoms with E-state index in [0.29, 0.717) is 5.56 Å². The first-order chi connectivity index (χ1) is 8.54. The second-order valence-corrected chi connectivity index (χ2v) is 4.10. The Balaban J connectivity index is 2.19. The van der Waals surface area contributed by atoms with Crippen molar-refractivity contribution in [2.45, 2.75) is 24.4 Å². The number of pyridine rings is 1. The molecular weight excluding hydrogens is 240 g/mol. The molecule has 1 aromatic heterocycles. The summed E-state index contributed by atoms with van der Waals surface area (Å²) in [6, 6.07) is 2.94. The van der Waals surface area contributed by atoms with Gasteiger partial charge in [0.15, 0.2) is 0 Å². The van der Waals surface area contributed by atoms with Crippen molar-refractivity contribution in [3.05, 3.63) is 29.6 Å². The van der Waals surface area contributed by atoms with Crippen molar-refractivity contribution in [1.29, 1.82) is 0 Å². The predicted molar refractivity (Wildman–Crippen MR) is 59.5 cm³/mol. The molecule has 7 nitrogen and oxygen atoms in total. The van der Waals surface area contributed by atoms with Crippen LogP contribution in [0.3, 0.4) is 0 Å². The van der Waals surface area contributed by atoms with E-state index in [1.54, 1.807) is 0 Å². The Bertz CT molecular complexity index is 436. The standard InChI is InChI=1S/C11H14N2O5/c12-11(17)6-2-1-5(3-13-6)10-9(16)8(15)7(4-14)18-10/h1-3,7-10,14-16H,4H2,(H2,12,17)/t7-,8-,9-,10+/m1/s1. The van der Waals surface area contributed by atoms with Crippen LogP contribution in [0.1, 0.15) is 22.2 Å². The van der Waals surface area contributed by atoms with Gasteiger partial charge in [-0.3, -0.25) is 9.78 Å². The highest BCUT2D eigenvalue weighted by Crippen LogP contribution is 2.32. The number of amides is 1. The Hall–Kier alpha value is -1.54. The van der Waals surface area contributed by atoms with Crippen molar-refractivity contribution in [2.24, 2.45) is 5.73 Å². The SMILES string of the molecule is NC(=O)c1ccc([C@@H]2O[C@H](CO)[C@@H](O)[C@H]2O)cn1. The number of aliphatic hydroxyl groups excluding tert-OH is 3. The van der Waals surface area contributed by atoms with Gasteiger partial charge in [-0.15, -0.1) is 0 Å². The van der Waals surface area contributed by atoms with Gasteiger partial charge in [0.1, 0.15) is 30.1 Å². The summed E-state index contributed by atoms with van der Waals surface area (Å²) in [5.74, 6) is -0.650. The quantitative estimate of drug-likeness (QED) is 0.511. The van der Waals surface area contributed by atoms with Gasteiger partial charge in [0.2, 0.25) is 0 Å². The van der Waals surface area contributed by atoms with E-state index >= 15 is 0 Å². The predicted octanol–water partition coefficient (Wildman–Crippen LogP) is -1.67. The van der Waals surface area contributed by atoms with Crippen LogP contribution in [0, 0.1) is 0 Å². The smallest absolute Gasteiger partial charge is 0.267 e. The summed E-state index contributed by atoms with van der Waals surface area (Å²) in [6.07, 6.45) is -2.58. The molecule has 1 saturated heterocycles. The molecular formula is C11H14N2O5. The maximum absolute atomic E-state index is 10.9. The normalized spacial score (nSPS) is 31.5. The molecule has 0 spiro atoms. The van der Waals surface area contributed by atoms with Crippen LogP contribution < -0.4 is 5.73 Å². The van der Waals surface area contributed by atoms with Crippen LogP contribution in [0.5, 0.6) is 0 Å². The van der Waals surface area contributed by atoms with E-state index in [1.165, 1.54) is 18.3 Å². The van der Waals surface area contributed by atoms with Gasteiger partial charge in [-0.1, -0.05) is 6.07 Å². The highest BCUT2D eigenvalue weighted by molar-refractivity contribution is 5.90. The van der Waals surface area contributed by atoms with Gasteiger partial charge in [0.05, 0.1) is 6.61 Å². The number of carbonyl (C=O) groups excluding carboxylic acids is 1. The maximum Gasteiger partial charge on any atom is 0.267 e. The Morgan fingerprint density at radius 1 is 1.39 bits per heavy atom. The summed E-state index contributed by atoms with van der Waals surface area (Å²) in [7, 11) is 0. The first-order valence-electron chi connectivity index (χ1n) is 5.42. The zero-order chi connectivity index (χ0) is 13.3. The number of aliphatic hydroxyl groups is 3. The van der Waals surface area contributed by atoms with E-state index in [2.05, 4.69) is 4.98 Å². The third-order valence-corrected chi connectivity index (χ3v) is 2.91. The molecule has 4 atom stereocenters. The van der Waals surface area contributed by atoms with Crippen LogP contribution in [0.2, 0.25) is 0 Å². The third-order valence-electron chi connectivity index (χ3n) is 2.91. The monoisotopic (exact) mass is 254 g/mol. The zero-order valence-corrected chi connectivity index (χ0v) is 9.43. The van der Waals surface area contributed by atoms with Crippen molar-refractivity contribution in [3.8, 4) is 0 Å². The average molecular weight is 254 g/mol. The Labute approximate surface area is 103 Å². The summed E-state index contributed by atoms with van der Waals surface area (Å²) in [4.78, 5) is 14.7. The number of hydrogen-bond donors (Lipinski definition) is 4. The highest BCUT2D eigenvalue weighted by Gasteiger charge is 2.43. The molecule has 0 aliphatic carbocycles. The minimum absolute atomic E-state index is 0.102. The molecule has 1 amide bonds. The molecule has 1 aliphatic rings. The minimum atomic E-state index is -1.16. The minimum Gasteiger partial charge on any atom is -0.394 e. The third kappa shape index (κ3) is 2.21. The molecule has 2 rings (SSSR count). The number of hydrogen-bond acceptors (Lipinski definition) is 6. The number of carbonyl (C=O) groups is 1. The van der Waals surface area contributed by atoms with Crippen molar-refractivity contribution in [2.75, 3.05) is 6.61 Å². The molecule has 0 unspecified atom stereocenters. The van der Waals surface area contributed by atoms with Crippen LogP contribution >= 0.6 is 0 Å². The van der Waals surface area contributed by atoms with Gasteiger partial charge in [-0.2, -0.15) is 0 Å². The first kappa shape index (κ1) is 12.9. The molecule has 0 saturated carbocycles. The number of nitrogens with zero attached hydrogens (tertiary/aromatic N) is 1. The average Bonchev–Trinajstić information content (AvgIpc) is 2.66. The lowest BCUT2D eigenvalue weighted by Crippen LogP contribution is -2.32. The van der Waals surface area contributed by atoms with E-state index in [-0.39, 0.29) is 12.3 Å². The van der Waals surface area contributed by atoms with Crippen LogP contribution in [0.25, 0.3) is 0 Å². The molecule has 98 valence electrons. The Morgan fingerprint density at radius 3 is 2.56 bits per heavy atom. The first-order valence-corrected chi connectivity index (χ1v) is 5.42. The number of aromatic nitrogens is 1. The van der Waals surface area contributed by atoms with E-state index in [4.69, 9.17) is 15.6 Å². The fourth-order valence-corrected chi connectivity index (χ4v) is 1.89. The van der Waals surface area contributed by atoms with Gasteiger partial charge < -0.3 is 25.8 Å². The van der Waals surface area contributed by atoms with Gasteiger partial charge in [0.25, 0.3) is 5.91 Å². The van der Waals surface area contributed by atoms with Crippen LogP contribution in [0.15, 0.2) is 18.3 Å². The molecule has 1 aliphatic heterocycles. The van der Waals surface area contributed by atoms with E-state index in [9.17, 15) is 15.0 Å². The van der Waals surface area contributed by atoms with Crippen LogP contribution in [-0.4, -0.2) is 51.1 Å². The summed E-state index contributed by atoms with van der Waals surface area (Å²) in [6.45, 7) is -0.387. The summed E-state index contributed by atoms with van der Waals surface area (Å²) in [5, 5.41) is 28.4. The summed E-state index contributed by atoms with van der Waals surface area (Å²) < 4.78 is 5.32. The fourth-order valence-electron chi connectivity index (χ4n) is 1.89. The summed E-state index contributed by atoms with van der Waals surface area (Å²) in [5.41, 5.74) is 5.66. The zero-order valence-electron chi connectivity index (χ0n) is 9.43. The molecule has 0 bridgehead atoms. The van der Waals surface area contributed by atoms with Crippen molar-refractivity contribution in [3.63, 3.8) is 0 Å². The Kier molecular flexibility index (Phi) is 3.58. The number of primary amides is 1. The van der Waals surface area contributed by atoms with E-state index in [1.807, 2.05) is 0 Å². The number of rotatable bonds is 3. The van der Waals surface area contributed by atoms with Gasteiger partial charge >= 0.3 is 0 Å². The number of nitrogens with two attached hydrogens (primary N) is 1. The van der Waals surface area contributed by atoms with Gasteiger partial charge in [0, 0.05) is 11.8 Å². The Morgan fingerprint density at radius 2 is 2.11 bits per heavy atom. The topological polar surface area (TPSA) is 126 Å². The molecule has 5 N–H and O–H groups in total. The molecule has 7 heteroatoms.